The largest absolute Gasteiger partial charge is 0.491 e. The third-order valence-electron chi connectivity index (χ3n) is 8.77. The summed E-state index contributed by atoms with van der Waals surface area (Å²) in [5, 5.41) is 3.34. The predicted octanol–water partition coefficient (Wildman–Crippen LogP) is 7.11. The minimum absolute atomic E-state index is 0.0193. The van der Waals surface area contributed by atoms with Gasteiger partial charge in [-0.2, -0.15) is 0 Å². The molecule has 0 bridgehead atoms. The zero-order chi connectivity index (χ0) is 29.9. The first-order valence-corrected chi connectivity index (χ1v) is 14.8. The van der Waals surface area contributed by atoms with Gasteiger partial charge in [-0.1, -0.05) is 66.2 Å². The number of hydrogen-bond donors (Lipinski definition) is 1. The fourth-order valence-corrected chi connectivity index (χ4v) is 7.37. The van der Waals surface area contributed by atoms with Crippen molar-refractivity contribution in [1.29, 1.82) is 0 Å². The van der Waals surface area contributed by atoms with E-state index in [-0.39, 0.29) is 34.2 Å². The molecule has 214 valence electrons. The molecule has 0 aromatic heterocycles. The highest BCUT2D eigenvalue weighted by Crippen LogP contribution is 2.62. The Morgan fingerprint density at radius 1 is 0.884 bits per heavy atom. The Kier molecular flexibility index (Phi) is 6.47. The van der Waals surface area contributed by atoms with Gasteiger partial charge < -0.3 is 15.0 Å². The average molecular weight is 589 g/mol. The van der Waals surface area contributed by atoms with E-state index in [0.717, 1.165) is 11.1 Å². The molecular formula is C36H29ClN2O4. The van der Waals surface area contributed by atoms with Gasteiger partial charge >= 0.3 is 0 Å². The number of para-hydroxylation sites is 1. The van der Waals surface area contributed by atoms with Crippen molar-refractivity contribution in [2.24, 2.45) is 5.92 Å². The van der Waals surface area contributed by atoms with Crippen LogP contribution in [0.4, 0.5) is 5.69 Å². The number of carbonyl (C=O) groups is 3. The molecule has 4 atom stereocenters. The van der Waals surface area contributed by atoms with Crippen molar-refractivity contribution in [2.45, 2.75) is 37.5 Å². The number of carbonyl (C=O) groups excluding carboxylic acids is 3. The first-order chi connectivity index (χ1) is 20.8. The zero-order valence-electron chi connectivity index (χ0n) is 23.7. The van der Waals surface area contributed by atoms with Gasteiger partial charge in [-0.05, 0) is 79.1 Å². The number of halogens is 1. The third-order valence-corrected chi connectivity index (χ3v) is 9.10. The van der Waals surface area contributed by atoms with E-state index in [1.165, 1.54) is 0 Å². The van der Waals surface area contributed by atoms with Gasteiger partial charge in [0.15, 0.2) is 11.6 Å². The summed E-state index contributed by atoms with van der Waals surface area (Å²) in [6, 6.07) is 27.5. The summed E-state index contributed by atoms with van der Waals surface area (Å²) >= 11 is 6.62. The molecule has 1 saturated heterocycles. The minimum atomic E-state index is -1.41. The van der Waals surface area contributed by atoms with E-state index < -0.39 is 23.4 Å². The maximum absolute atomic E-state index is 14.9. The summed E-state index contributed by atoms with van der Waals surface area (Å²) in [6.45, 7) is 3.88. The number of fused-ring (bicyclic) bond motifs is 6. The van der Waals surface area contributed by atoms with Gasteiger partial charge in [-0.3, -0.25) is 14.4 Å². The highest BCUT2D eigenvalue weighted by atomic mass is 35.5. The lowest BCUT2D eigenvalue weighted by atomic mass is 9.62. The van der Waals surface area contributed by atoms with E-state index in [4.69, 9.17) is 16.3 Å². The Hall–Kier alpha value is -4.68. The number of amides is 1. The standard InChI is InChI=1S/C36H29ClN2O4/c1-21(2)43-24-17-15-23(16-18-24)32(40)31-30(33(41)26-11-5-7-13-28(26)37)36(27-12-6-8-14-29(27)38-35(36)42)34-25-10-4-3-9-22(25)19-20-39(31)34/h3-21,30-31,34H,1-2H3,(H,38,42). The van der Waals surface area contributed by atoms with Gasteiger partial charge in [0.05, 0.1) is 23.1 Å². The molecule has 7 heteroatoms. The van der Waals surface area contributed by atoms with E-state index in [9.17, 15) is 14.4 Å². The van der Waals surface area contributed by atoms with E-state index in [1.807, 2.05) is 79.6 Å². The smallest absolute Gasteiger partial charge is 0.238 e. The molecule has 4 unspecified atom stereocenters. The zero-order valence-corrected chi connectivity index (χ0v) is 24.4. The van der Waals surface area contributed by atoms with Crippen LogP contribution in [0.25, 0.3) is 6.08 Å². The predicted molar refractivity (Wildman–Crippen MR) is 166 cm³/mol. The first kappa shape index (κ1) is 27.2. The highest BCUT2D eigenvalue weighted by Gasteiger charge is 2.70. The lowest BCUT2D eigenvalue weighted by Gasteiger charge is -2.38. The van der Waals surface area contributed by atoms with Crippen molar-refractivity contribution in [3.8, 4) is 5.75 Å². The van der Waals surface area contributed by atoms with Crippen LogP contribution in [0.1, 0.15) is 57.3 Å². The lowest BCUT2D eigenvalue weighted by molar-refractivity contribution is -0.122. The molecule has 3 aliphatic heterocycles. The SMILES string of the molecule is CC(C)Oc1ccc(C(=O)C2C(C(=O)c3ccccc3Cl)C3(C(=O)Nc4ccccc43)C3c4ccccc4C=CN23)cc1. The molecule has 1 N–H and O–H groups in total. The highest BCUT2D eigenvalue weighted by molar-refractivity contribution is 6.34. The van der Waals surface area contributed by atoms with Crippen LogP contribution < -0.4 is 10.1 Å². The van der Waals surface area contributed by atoms with E-state index in [0.29, 0.717) is 22.6 Å². The van der Waals surface area contributed by atoms with Gasteiger partial charge in [0.25, 0.3) is 0 Å². The molecule has 0 radical (unpaired) electrons. The number of nitrogens with one attached hydrogen (secondary N) is 1. The first-order valence-electron chi connectivity index (χ1n) is 14.4. The van der Waals surface area contributed by atoms with Crippen LogP contribution >= 0.6 is 11.6 Å². The maximum Gasteiger partial charge on any atom is 0.238 e. The molecule has 43 heavy (non-hydrogen) atoms. The lowest BCUT2D eigenvalue weighted by Crippen LogP contribution is -2.49. The molecule has 1 spiro atoms. The van der Waals surface area contributed by atoms with Crippen LogP contribution in [0.15, 0.2) is 103 Å². The topological polar surface area (TPSA) is 75.7 Å². The number of nitrogens with zero attached hydrogens (tertiary/aromatic N) is 1. The number of ketones is 2. The van der Waals surface area contributed by atoms with Crippen molar-refractivity contribution < 1.29 is 19.1 Å². The van der Waals surface area contributed by atoms with E-state index >= 15 is 0 Å². The monoisotopic (exact) mass is 588 g/mol. The van der Waals surface area contributed by atoms with Gasteiger partial charge in [-0.15, -0.1) is 0 Å². The van der Waals surface area contributed by atoms with Crippen LogP contribution in [-0.2, 0) is 10.2 Å². The Morgan fingerprint density at radius 2 is 1.58 bits per heavy atom. The second-order valence-corrected chi connectivity index (χ2v) is 11.9. The molecule has 7 rings (SSSR count). The van der Waals surface area contributed by atoms with Crippen molar-refractivity contribution in [3.05, 3.63) is 136 Å². The Labute approximate surface area is 254 Å². The molecule has 1 fully saturated rings. The number of benzene rings is 4. The number of anilines is 1. The molecule has 3 aliphatic rings. The maximum atomic E-state index is 14.9. The summed E-state index contributed by atoms with van der Waals surface area (Å²) in [7, 11) is 0. The second-order valence-electron chi connectivity index (χ2n) is 11.5. The van der Waals surface area contributed by atoms with Crippen molar-refractivity contribution >= 4 is 40.8 Å². The summed E-state index contributed by atoms with van der Waals surface area (Å²) < 4.78 is 5.80. The fourth-order valence-electron chi connectivity index (χ4n) is 7.14. The van der Waals surface area contributed by atoms with Crippen molar-refractivity contribution in [3.63, 3.8) is 0 Å². The fraction of sp³-hybridized carbons (Fsp3) is 0.194. The Bertz CT molecular complexity index is 1810. The number of Topliss-reactive ketones (excluding diaryl/α,β-unsaturated/α-hetero) is 2. The van der Waals surface area contributed by atoms with E-state index in [1.54, 1.807) is 48.5 Å². The summed E-state index contributed by atoms with van der Waals surface area (Å²) in [5.41, 5.74) is 2.45. The summed E-state index contributed by atoms with van der Waals surface area (Å²) in [6.07, 6.45) is 3.79. The van der Waals surface area contributed by atoms with Crippen LogP contribution in [0.3, 0.4) is 0 Å². The molecular weight excluding hydrogens is 560 g/mol. The van der Waals surface area contributed by atoms with Crippen LogP contribution in [0, 0.1) is 5.92 Å². The molecule has 4 aromatic rings. The number of rotatable bonds is 6. The van der Waals surface area contributed by atoms with Crippen LogP contribution in [-0.4, -0.2) is 34.5 Å². The Balaban J connectivity index is 1.49. The van der Waals surface area contributed by atoms with Gasteiger partial charge in [0, 0.05) is 23.0 Å². The Morgan fingerprint density at radius 3 is 2.35 bits per heavy atom. The third kappa shape index (κ3) is 4.04. The minimum Gasteiger partial charge on any atom is -0.491 e. The quantitative estimate of drug-likeness (QED) is 0.243. The van der Waals surface area contributed by atoms with Crippen molar-refractivity contribution in [2.75, 3.05) is 5.32 Å². The van der Waals surface area contributed by atoms with Crippen molar-refractivity contribution in [1.82, 2.24) is 4.90 Å². The summed E-state index contributed by atoms with van der Waals surface area (Å²) in [4.78, 5) is 46.0. The molecule has 3 heterocycles. The van der Waals surface area contributed by atoms with Gasteiger partial charge in [0.1, 0.15) is 17.2 Å². The summed E-state index contributed by atoms with van der Waals surface area (Å²) in [5.74, 6) is -1.36. The number of hydrogen-bond acceptors (Lipinski definition) is 5. The van der Waals surface area contributed by atoms with Gasteiger partial charge in [-0.25, -0.2) is 0 Å². The molecule has 0 aliphatic carbocycles. The molecule has 6 nitrogen and oxygen atoms in total. The molecule has 4 aromatic carbocycles. The van der Waals surface area contributed by atoms with Crippen LogP contribution in [0.5, 0.6) is 5.75 Å². The number of ether oxygens (including phenoxy) is 1. The average Bonchev–Trinajstić information content (AvgIpc) is 3.49. The normalized spacial score (nSPS) is 23.1. The molecule has 1 amide bonds. The molecule has 0 saturated carbocycles. The van der Waals surface area contributed by atoms with E-state index in [2.05, 4.69) is 5.32 Å². The van der Waals surface area contributed by atoms with Gasteiger partial charge in [0.2, 0.25) is 5.91 Å². The second kappa shape index (κ2) is 10.2. The van der Waals surface area contributed by atoms with Crippen LogP contribution in [0.2, 0.25) is 5.02 Å².